The van der Waals surface area contributed by atoms with E-state index in [0.717, 1.165) is 40.6 Å². The highest BCUT2D eigenvalue weighted by atomic mass is 16.1. The SMILES string of the molecule is CC1(C)Cc2nc(-c3cccnc3)ncc2[C@H](NC(=O)c2ccc3ncccc3c2)C1. The van der Waals surface area contributed by atoms with E-state index in [1.54, 1.807) is 18.6 Å². The monoisotopic (exact) mass is 409 g/mol. The Hall–Kier alpha value is -3.67. The van der Waals surface area contributed by atoms with Gasteiger partial charge in [-0.2, -0.15) is 0 Å². The van der Waals surface area contributed by atoms with E-state index in [9.17, 15) is 4.79 Å². The highest BCUT2D eigenvalue weighted by Crippen LogP contribution is 2.40. The maximum absolute atomic E-state index is 13.1. The van der Waals surface area contributed by atoms with Crippen molar-refractivity contribution in [2.24, 2.45) is 5.41 Å². The molecule has 0 spiro atoms. The van der Waals surface area contributed by atoms with Crippen molar-refractivity contribution < 1.29 is 4.79 Å². The van der Waals surface area contributed by atoms with Crippen LogP contribution in [0.4, 0.5) is 0 Å². The van der Waals surface area contributed by atoms with Crippen LogP contribution in [0.25, 0.3) is 22.3 Å². The molecule has 0 fully saturated rings. The molecule has 1 aliphatic carbocycles. The summed E-state index contributed by atoms with van der Waals surface area (Å²) in [4.78, 5) is 31.0. The summed E-state index contributed by atoms with van der Waals surface area (Å²) in [6, 6.07) is 13.1. The Morgan fingerprint density at radius 1 is 1.06 bits per heavy atom. The van der Waals surface area contributed by atoms with Gasteiger partial charge in [0.1, 0.15) is 0 Å². The van der Waals surface area contributed by atoms with E-state index < -0.39 is 0 Å². The smallest absolute Gasteiger partial charge is 0.251 e. The van der Waals surface area contributed by atoms with Crippen LogP contribution in [-0.4, -0.2) is 25.8 Å². The highest BCUT2D eigenvalue weighted by molar-refractivity contribution is 5.98. The van der Waals surface area contributed by atoms with E-state index >= 15 is 0 Å². The van der Waals surface area contributed by atoms with Crippen molar-refractivity contribution in [3.63, 3.8) is 0 Å². The van der Waals surface area contributed by atoms with Gasteiger partial charge >= 0.3 is 0 Å². The Balaban J connectivity index is 1.46. The molecule has 6 heteroatoms. The number of nitrogens with zero attached hydrogens (tertiary/aromatic N) is 4. The highest BCUT2D eigenvalue weighted by Gasteiger charge is 2.34. The van der Waals surface area contributed by atoms with Gasteiger partial charge in [0.15, 0.2) is 5.82 Å². The fraction of sp³-hybridized carbons (Fsp3) is 0.240. The second kappa shape index (κ2) is 7.54. The number of aromatic nitrogens is 4. The first-order valence-corrected chi connectivity index (χ1v) is 10.4. The number of nitrogens with one attached hydrogen (secondary N) is 1. The summed E-state index contributed by atoms with van der Waals surface area (Å²) in [5, 5.41) is 4.17. The van der Waals surface area contributed by atoms with Crippen LogP contribution in [0.3, 0.4) is 0 Å². The Bertz CT molecular complexity index is 1270. The molecule has 0 radical (unpaired) electrons. The molecule has 0 aliphatic heterocycles. The van der Waals surface area contributed by atoms with Crippen molar-refractivity contribution in [1.82, 2.24) is 25.3 Å². The molecule has 5 rings (SSSR count). The van der Waals surface area contributed by atoms with Crippen molar-refractivity contribution in [1.29, 1.82) is 0 Å². The molecule has 1 N–H and O–H groups in total. The summed E-state index contributed by atoms with van der Waals surface area (Å²) in [6.07, 6.45) is 8.78. The molecular weight excluding hydrogens is 386 g/mol. The van der Waals surface area contributed by atoms with Crippen LogP contribution in [-0.2, 0) is 6.42 Å². The molecular formula is C25H23N5O. The van der Waals surface area contributed by atoms with E-state index in [-0.39, 0.29) is 17.4 Å². The summed E-state index contributed by atoms with van der Waals surface area (Å²) in [5.41, 5.74) is 4.37. The van der Waals surface area contributed by atoms with Gasteiger partial charge in [-0.05, 0) is 54.7 Å². The van der Waals surface area contributed by atoms with E-state index in [1.165, 1.54) is 0 Å². The molecule has 4 aromatic rings. The first-order chi connectivity index (χ1) is 15.0. The van der Waals surface area contributed by atoms with Gasteiger partial charge in [-0.15, -0.1) is 0 Å². The lowest BCUT2D eigenvalue weighted by molar-refractivity contribution is 0.0919. The summed E-state index contributed by atoms with van der Waals surface area (Å²) >= 11 is 0. The second-order valence-electron chi connectivity index (χ2n) is 8.82. The average molecular weight is 409 g/mol. The number of rotatable bonds is 3. The van der Waals surface area contributed by atoms with Crippen LogP contribution in [0, 0.1) is 5.41 Å². The van der Waals surface area contributed by atoms with Gasteiger partial charge in [-0.1, -0.05) is 19.9 Å². The number of carbonyl (C=O) groups is 1. The number of hydrogen-bond acceptors (Lipinski definition) is 5. The molecule has 1 amide bonds. The molecule has 3 heterocycles. The number of fused-ring (bicyclic) bond motifs is 2. The summed E-state index contributed by atoms with van der Waals surface area (Å²) < 4.78 is 0. The fourth-order valence-electron chi connectivity index (χ4n) is 4.27. The number of benzene rings is 1. The van der Waals surface area contributed by atoms with Crippen molar-refractivity contribution in [2.75, 3.05) is 0 Å². The normalized spacial score (nSPS) is 17.2. The average Bonchev–Trinajstić information content (AvgIpc) is 2.78. The van der Waals surface area contributed by atoms with Gasteiger partial charge in [0.25, 0.3) is 5.91 Å². The Morgan fingerprint density at radius 2 is 1.94 bits per heavy atom. The lowest BCUT2D eigenvalue weighted by Crippen LogP contribution is -2.37. The minimum Gasteiger partial charge on any atom is -0.345 e. The number of amides is 1. The summed E-state index contributed by atoms with van der Waals surface area (Å²) in [6.45, 7) is 4.42. The standard InChI is InChI=1S/C25H23N5O/c1-25(2)12-21-19(15-28-23(29-21)18-6-3-9-26-14-18)22(13-25)30-24(31)17-7-8-20-16(11-17)5-4-10-27-20/h3-11,14-15,22H,12-13H2,1-2H3,(H,30,31)/t22-/m1/s1. The van der Waals surface area contributed by atoms with E-state index in [4.69, 9.17) is 4.98 Å². The van der Waals surface area contributed by atoms with Gasteiger partial charge in [-0.25, -0.2) is 9.97 Å². The van der Waals surface area contributed by atoms with Crippen molar-refractivity contribution in [2.45, 2.75) is 32.7 Å². The zero-order valence-corrected chi connectivity index (χ0v) is 17.5. The molecule has 1 aliphatic rings. The molecule has 3 aromatic heterocycles. The van der Waals surface area contributed by atoms with Crippen molar-refractivity contribution in [3.8, 4) is 11.4 Å². The molecule has 1 aromatic carbocycles. The fourth-order valence-corrected chi connectivity index (χ4v) is 4.27. The molecule has 154 valence electrons. The minimum absolute atomic E-state index is 0.0127. The third-order valence-electron chi connectivity index (χ3n) is 5.77. The second-order valence-corrected chi connectivity index (χ2v) is 8.82. The maximum Gasteiger partial charge on any atom is 0.251 e. The van der Waals surface area contributed by atoms with Crippen LogP contribution in [0.1, 0.15) is 47.9 Å². The molecule has 0 unspecified atom stereocenters. The number of hydrogen-bond donors (Lipinski definition) is 1. The van der Waals surface area contributed by atoms with Gasteiger partial charge in [0, 0.05) is 46.9 Å². The third-order valence-corrected chi connectivity index (χ3v) is 5.77. The molecule has 31 heavy (non-hydrogen) atoms. The van der Waals surface area contributed by atoms with Gasteiger partial charge in [0.2, 0.25) is 0 Å². The molecule has 1 atom stereocenters. The number of carbonyl (C=O) groups excluding carboxylic acids is 1. The molecule has 0 saturated carbocycles. The maximum atomic E-state index is 13.1. The van der Waals surface area contributed by atoms with Crippen molar-refractivity contribution >= 4 is 16.8 Å². The molecule has 0 saturated heterocycles. The zero-order valence-electron chi connectivity index (χ0n) is 17.5. The Labute approximate surface area is 180 Å². The minimum atomic E-state index is -0.140. The van der Waals surface area contributed by atoms with Gasteiger partial charge in [-0.3, -0.25) is 14.8 Å². The Kier molecular flexibility index (Phi) is 4.70. The zero-order chi connectivity index (χ0) is 21.4. The summed E-state index contributed by atoms with van der Waals surface area (Å²) in [7, 11) is 0. The van der Waals surface area contributed by atoms with E-state index in [1.807, 2.05) is 48.7 Å². The number of pyridine rings is 2. The van der Waals surface area contributed by atoms with Crippen LogP contribution < -0.4 is 5.32 Å². The Morgan fingerprint density at radius 3 is 2.77 bits per heavy atom. The first-order valence-electron chi connectivity index (χ1n) is 10.4. The van der Waals surface area contributed by atoms with Crippen LogP contribution in [0.2, 0.25) is 0 Å². The predicted octanol–water partition coefficient (Wildman–Crippen LogP) is 4.53. The van der Waals surface area contributed by atoms with Crippen molar-refractivity contribution in [3.05, 3.63) is 84.1 Å². The lowest BCUT2D eigenvalue weighted by atomic mass is 9.74. The predicted molar refractivity (Wildman–Crippen MR) is 119 cm³/mol. The largest absolute Gasteiger partial charge is 0.345 e. The van der Waals surface area contributed by atoms with Crippen LogP contribution in [0.5, 0.6) is 0 Å². The van der Waals surface area contributed by atoms with E-state index in [2.05, 4.69) is 34.1 Å². The van der Waals surface area contributed by atoms with Crippen LogP contribution in [0.15, 0.2) is 67.3 Å². The molecule has 6 nitrogen and oxygen atoms in total. The summed E-state index contributed by atoms with van der Waals surface area (Å²) in [5.74, 6) is 0.562. The molecule has 0 bridgehead atoms. The quantitative estimate of drug-likeness (QED) is 0.538. The van der Waals surface area contributed by atoms with Gasteiger partial charge in [0.05, 0.1) is 17.3 Å². The van der Waals surface area contributed by atoms with Gasteiger partial charge < -0.3 is 5.32 Å². The topological polar surface area (TPSA) is 80.7 Å². The van der Waals surface area contributed by atoms with Crippen LogP contribution >= 0.6 is 0 Å². The van der Waals surface area contributed by atoms with E-state index in [0.29, 0.717) is 11.4 Å². The third kappa shape index (κ3) is 3.89. The lowest BCUT2D eigenvalue weighted by Gasteiger charge is -2.36. The first kappa shape index (κ1) is 19.3.